The molecule has 2 heterocycles. The summed E-state index contributed by atoms with van der Waals surface area (Å²) in [5.74, 6) is -0.0872. The number of benzene rings is 1. The maximum absolute atomic E-state index is 12.7. The molecule has 0 aliphatic carbocycles. The molecule has 1 aliphatic rings. The van der Waals surface area contributed by atoms with Crippen molar-refractivity contribution >= 4 is 5.91 Å². The van der Waals surface area contributed by atoms with E-state index >= 15 is 0 Å². The number of rotatable bonds is 3. The van der Waals surface area contributed by atoms with Gasteiger partial charge in [-0.25, -0.2) is 0 Å². The van der Waals surface area contributed by atoms with Crippen molar-refractivity contribution in [1.82, 2.24) is 14.7 Å². The van der Waals surface area contributed by atoms with Crippen LogP contribution in [0, 0.1) is 6.92 Å². The van der Waals surface area contributed by atoms with Crippen molar-refractivity contribution in [2.45, 2.75) is 6.92 Å². The minimum Gasteiger partial charge on any atom is -0.494 e. The van der Waals surface area contributed by atoms with Crippen molar-refractivity contribution in [3.8, 4) is 11.4 Å². The molecule has 0 saturated carbocycles. The van der Waals surface area contributed by atoms with Gasteiger partial charge in [-0.1, -0.05) is 17.7 Å². The Morgan fingerprint density at radius 1 is 1.21 bits per heavy atom. The maximum Gasteiger partial charge on any atom is 0.278 e. The lowest BCUT2D eigenvalue weighted by molar-refractivity contribution is 0.0295. The van der Waals surface area contributed by atoms with Crippen molar-refractivity contribution in [2.24, 2.45) is 0 Å². The van der Waals surface area contributed by atoms with Crippen LogP contribution in [-0.2, 0) is 4.74 Å². The lowest BCUT2D eigenvalue weighted by Crippen LogP contribution is -2.41. The average molecular weight is 329 g/mol. The molecule has 0 radical (unpaired) electrons. The number of aryl methyl sites for hydroxylation is 1. The number of hydrogen-bond donors (Lipinski definition) is 0. The van der Waals surface area contributed by atoms with Crippen molar-refractivity contribution in [1.29, 1.82) is 0 Å². The molecule has 1 aromatic heterocycles. The second-order valence-electron chi connectivity index (χ2n) is 5.55. The van der Waals surface area contributed by atoms with Gasteiger partial charge in [-0.2, -0.15) is 9.78 Å². The first-order valence-corrected chi connectivity index (χ1v) is 7.72. The molecule has 1 saturated heterocycles. The Kier molecular flexibility index (Phi) is 4.61. The molecule has 0 atom stereocenters. The highest BCUT2D eigenvalue weighted by atomic mass is 16.5. The first-order chi connectivity index (χ1) is 11.6. The summed E-state index contributed by atoms with van der Waals surface area (Å²) in [6.45, 7) is 3.93. The van der Waals surface area contributed by atoms with E-state index in [1.54, 1.807) is 17.0 Å². The van der Waals surface area contributed by atoms with E-state index in [-0.39, 0.29) is 22.9 Å². The molecular formula is C17H19N3O4. The lowest BCUT2D eigenvalue weighted by Gasteiger charge is -2.27. The Bertz CT molecular complexity index is 792. The summed E-state index contributed by atoms with van der Waals surface area (Å²) in [6.07, 6.45) is 0. The number of ether oxygens (including phenoxy) is 2. The van der Waals surface area contributed by atoms with Crippen molar-refractivity contribution in [3.05, 3.63) is 51.9 Å². The molecular weight excluding hydrogens is 310 g/mol. The summed E-state index contributed by atoms with van der Waals surface area (Å²) in [7, 11) is 1.42. The van der Waals surface area contributed by atoms with E-state index in [1.807, 2.05) is 19.1 Å². The molecule has 0 bridgehead atoms. The van der Waals surface area contributed by atoms with E-state index < -0.39 is 0 Å². The Morgan fingerprint density at radius 3 is 2.50 bits per heavy atom. The van der Waals surface area contributed by atoms with Crippen LogP contribution in [0.2, 0.25) is 0 Å². The largest absolute Gasteiger partial charge is 0.494 e. The monoisotopic (exact) mass is 329 g/mol. The Hall–Kier alpha value is -2.67. The topological polar surface area (TPSA) is 73.7 Å². The van der Waals surface area contributed by atoms with Crippen LogP contribution in [0.4, 0.5) is 0 Å². The summed E-state index contributed by atoms with van der Waals surface area (Å²) in [6, 6.07) is 8.65. The number of carbonyl (C=O) groups is 1. The zero-order valence-electron chi connectivity index (χ0n) is 13.7. The summed E-state index contributed by atoms with van der Waals surface area (Å²) >= 11 is 0. The van der Waals surface area contributed by atoms with Crippen LogP contribution in [0.1, 0.15) is 16.1 Å². The van der Waals surface area contributed by atoms with Gasteiger partial charge in [0, 0.05) is 13.1 Å². The maximum atomic E-state index is 12.7. The zero-order chi connectivity index (χ0) is 17.1. The highest BCUT2D eigenvalue weighted by Crippen LogP contribution is 2.17. The first kappa shape index (κ1) is 16.2. The minimum atomic E-state index is -0.353. The highest BCUT2D eigenvalue weighted by Gasteiger charge is 2.24. The molecule has 1 amide bonds. The van der Waals surface area contributed by atoms with Gasteiger partial charge in [0.25, 0.3) is 11.5 Å². The number of methoxy groups -OCH3 is 1. The molecule has 1 aliphatic heterocycles. The van der Waals surface area contributed by atoms with Crippen LogP contribution in [-0.4, -0.2) is 54.0 Å². The molecule has 0 N–H and O–H groups in total. The van der Waals surface area contributed by atoms with Gasteiger partial charge >= 0.3 is 0 Å². The van der Waals surface area contributed by atoms with Gasteiger partial charge in [-0.05, 0) is 19.1 Å². The van der Waals surface area contributed by atoms with E-state index in [0.717, 1.165) is 5.56 Å². The number of hydrogen-bond acceptors (Lipinski definition) is 5. The van der Waals surface area contributed by atoms with Crippen LogP contribution in [0.25, 0.3) is 5.69 Å². The quantitative estimate of drug-likeness (QED) is 0.841. The van der Waals surface area contributed by atoms with Gasteiger partial charge in [-0.3, -0.25) is 9.59 Å². The normalized spacial score (nSPS) is 14.5. The molecule has 24 heavy (non-hydrogen) atoms. The van der Waals surface area contributed by atoms with Gasteiger partial charge in [0.2, 0.25) is 0 Å². The van der Waals surface area contributed by atoms with Crippen molar-refractivity contribution in [3.63, 3.8) is 0 Å². The van der Waals surface area contributed by atoms with E-state index in [4.69, 9.17) is 9.47 Å². The van der Waals surface area contributed by atoms with E-state index in [9.17, 15) is 9.59 Å². The highest BCUT2D eigenvalue weighted by molar-refractivity contribution is 5.94. The van der Waals surface area contributed by atoms with Gasteiger partial charge in [0.05, 0.1) is 32.1 Å². The third-order valence-corrected chi connectivity index (χ3v) is 3.90. The average Bonchev–Trinajstić information content (AvgIpc) is 2.62. The standard InChI is InChI=1S/C17H19N3O4/c1-12-3-5-13(6-4-12)20-15(21)11-14(23-2)16(18-20)17(22)19-7-9-24-10-8-19/h3-6,11H,7-10H2,1-2H3. The van der Waals surface area contributed by atoms with E-state index in [2.05, 4.69) is 5.10 Å². The van der Waals surface area contributed by atoms with Crippen molar-refractivity contribution in [2.75, 3.05) is 33.4 Å². The molecule has 7 heteroatoms. The fourth-order valence-electron chi connectivity index (χ4n) is 2.53. The Morgan fingerprint density at radius 2 is 1.88 bits per heavy atom. The van der Waals surface area contributed by atoms with Crippen LogP contribution < -0.4 is 10.3 Å². The van der Waals surface area contributed by atoms with Crippen LogP contribution in [0.3, 0.4) is 0 Å². The molecule has 7 nitrogen and oxygen atoms in total. The van der Waals surface area contributed by atoms with Gasteiger partial charge < -0.3 is 14.4 Å². The third-order valence-electron chi connectivity index (χ3n) is 3.90. The van der Waals surface area contributed by atoms with Crippen LogP contribution >= 0.6 is 0 Å². The zero-order valence-corrected chi connectivity index (χ0v) is 13.7. The second-order valence-corrected chi connectivity index (χ2v) is 5.55. The molecule has 0 spiro atoms. The SMILES string of the molecule is COc1cc(=O)n(-c2ccc(C)cc2)nc1C(=O)N1CCOCC1. The number of aromatic nitrogens is 2. The van der Waals surface area contributed by atoms with E-state index in [1.165, 1.54) is 17.9 Å². The predicted molar refractivity (Wildman–Crippen MR) is 87.8 cm³/mol. The first-order valence-electron chi connectivity index (χ1n) is 7.72. The fourth-order valence-corrected chi connectivity index (χ4v) is 2.53. The van der Waals surface area contributed by atoms with Gasteiger partial charge in [0.1, 0.15) is 0 Å². The third kappa shape index (κ3) is 3.16. The van der Waals surface area contributed by atoms with E-state index in [0.29, 0.717) is 32.0 Å². The van der Waals surface area contributed by atoms with Gasteiger partial charge in [-0.15, -0.1) is 0 Å². The fraction of sp³-hybridized carbons (Fsp3) is 0.353. The summed E-state index contributed by atoms with van der Waals surface area (Å²) in [4.78, 5) is 26.7. The lowest BCUT2D eigenvalue weighted by atomic mass is 10.2. The summed E-state index contributed by atoms with van der Waals surface area (Å²) in [5, 5.41) is 4.27. The molecule has 1 aromatic carbocycles. The van der Waals surface area contributed by atoms with Gasteiger partial charge in [0.15, 0.2) is 11.4 Å². The van der Waals surface area contributed by atoms with Crippen molar-refractivity contribution < 1.29 is 14.3 Å². The second kappa shape index (κ2) is 6.84. The van der Waals surface area contributed by atoms with Crippen LogP contribution in [0.5, 0.6) is 5.75 Å². The molecule has 2 aromatic rings. The molecule has 0 unspecified atom stereocenters. The number of amides is 1. The number of carbonyl (C=O) groups excluding carboxylic acids is 1. The van der Waals surface area contributed by atoms with Crippen LogP contribution in [0.15, 0.2) is 35.1 Å². The Balaban J connectivity index is 2.04. The molecule has 3 rings (SSSR count). The smallest absolute Gasteiger partial charge is 0.278 e. The molecule has 1 fully saturated rings. The summed E-state index contributed by atoms with van der Waals surface area (Å²) < 4.78 is 11.7. The minimum absolute atomic E-state index is 0.125. The summed E-state index contributed by atoms with van der Waals surface area (Å²) in [5.41, 5.74) is 1.45. The number of morpholine rings is 1. The predicted octanol–water partition coefficient (Wildman–Crippen LogP) is 1.02. The Labute approximate surface area is 139 Å². The number of nitrogens with zero attached hydrogens (tertiary/aromatic N) is 3. The molecule has 126 valence electrons.